The van der Waals surface area contributed by atoms with Gasteiger partial charge in [0, 0.05) is 29.4 Å². The lowest BCUT2D eigenvalue weighted by molar-refractivity contribution is -0.118. The molecule has 31 heavy (non-hydrogen) atoms. The van der Waals surface area contributed by atoms with Crippen LogP contribution in [-0.2, 0) is 4.79 Å². The van der Waals surface area contributed by atoms with E-state index in [9.17, 15) is 4.79 Å². The number of carbonyl (C=O) groups excluding carboxylic acids is 1. The van der Waals surface area contributed by atoms with Gasteiger partial charge in [0.1, 0.15) is 5.75 Å². The van der Waals surface area contributed by atoms with E-state index < -0.39 is 0 Å². The normalized spacial score (nSPS) is 14.3. The van der Waals surface area contributed by atoms with Crippen LogP contribution in [0, 0.1) is 5.92 Å². The second kappa shape index (κ2) is 9.79. The number of halogens is 1. The molecular formula is C24H25ClN4O2. The summed E-state index contributed by atoms with van der Waals surface area (Å²) in [4.78, 5) is 14.4. The smallest absolute Gasteiger partial charge is 0.262 e. The number of carbonyl (C=O) groups is 1. The van der Waals surface area contributed by atoms with Crippen molar-refractivity contribution in [1.82, 2.24) is 10.2 Å². The third kappa shape index (κ3) is 5.73. The molecule has 0 atom stereocenters. The molecule has 0 spiro atoms. The molecule has 1 N–H and O–H groups in total. The third-order valence-corrected chi connectivity index (χ3v) is 5.62. The van der Waals surface area contributed by atoms with E-state index in [1.54, 1.807) is 24.3 Å². The van der Waals surface area contributed by atoms with E-state index >= 15 is 0 Å². The zero-order valence-electron chi connectivity index (χ0n) is 17.4. The quantitative estimate of drug-likeness (QED) is 0.585. The van der Waals surface area contributed by atoms with Crippen molar-refractivity contribution in [3.05, 3.63) is 65.7 Å². The maximum Gasteiger partial charge on any atom is 0.262 e. The first-order chi connectivity index (χ1) is 15.1. The molecule has 0 bridgehead atoms. The molecule has 0 aliphatic carbocycles. The Morgan fingerprint density at radius 2 is 1.87 bits per heavy atom. The molecule has 160 valence electrons. The van der Waals surface area contributed by atoms with Gasteiger partial charge in [-0.15, -0.1) is 10.2 Å². The van der Waals surface area contributed by atoms with Crippen LogP contribution in [0.2, 0.25) is 5.02 Å². The molecule has 2 aromatic carbocycles. The molecule has 0 unspecified atom stereocenters. The second-order valence-corrected chi connectivity index (χ2v) is 8.25. The van der Waals surface area contributed by atoms with Crippen molar-refractivity contribution in [2.75, 3.05) is 29.9 Å². The Kier molecular flexibility index (Phi) is 6.67. The minimum Gasteiger partial charge on any atom is -0.484 e. The lowest BCUT2D eigenvalue weighted by atomic mass is 9.99. The molecule has 1 aliphatic heterocycles. The van der Waals surface area contributed by atoms with Gasteiger partial charge in [-0.2, -0.15) is 0 Å². The Balaban J connectivity index is 1.32. The monoisotopic (exact) mass is 436 g/mol. The molecule has 0 radical (unpaired) electrons. The fourth-order valence-electron chi connectivity index (χ4n) is 3.51. The lowest BCUT2D eigenvalue weighted by Gasteiger charge is -2.30. The zero-order valence-corrected chi connectivity index (χ0v) is 18.2. The molecule has 1 fully saturated rings. The molecular weight excluding hydrogens is 412 g/mol. The van der Waals surface area contributed by atoms with E-state index in [1.807, 2.05) is 36.4 Å². The SMILES string of the molecule is CC1CCN(c2ccc(-c3ccc(NC(=O)COc4cccc(Cl)c4)cc3)nn2)CC1. The zero-order chi connectivity index (χ0) is 21.6. The number of nitrogens with zero attached hydrogens (tertiary/aromatic N) is 3. The molecule has 2 heterocycles. The molecule has 0 saturated carbocycles. The highest BCUT2D eigenvalue weighted by molar-refractivity contribution is 6.30. The molecule has 3 aromatic rings. The van der Waals surface area contributed by atoms with Crippen LogP contribution in [0.5, 0.6) is 5.75 Å². The van der Waals surface area contributed by atoms with Gasteiger partial charge in [0.05, 0.1) is 5.69 Å². The van der Waals surface area contributed by atoms with E-state index in [4.69, 9.17) is 16.3 Å². The predicted octanol–water partition coefficient (Wildman–Crippen LogP) is 5.05. The first-order valence-electron chi connectivity index (χ1n) is 10.4. The fraction of sp³-hybridized carbons (Fsp3) is 0.292. The highest BCUT2D eigenvalue weighted by Crippen LogP contribution is 2.24. The van der Waals surface area contributed by atoms with Crippen LogP contribution in [0.1, 0.15) is 19.8 Å². The summed E-state index contributed by atoms with van der Waals surface area (Å²) in [6, 6.07) is 18.5. The van der Waals surface area contributed by atoms with Crippen LogP contribution in [0.15, 0.2) is 60.7 Å². The highest BCUT2D eigenvalue weighted by Gasteiger charge is 2.17. The van der Waals surface area contributed by atoms with Gasteiger partial charge in [-0.05, 0) is 61.2 Å². The van der Waals surface area contributed by atoms with Crippen LogP contribution in [-0.4, -0.2) is 35.8 Å². The summed E-state index contributed by atoms with van der Waals surface area (Å²) >= 11 is 5.92. The minimum atomic E-state index is -0.243. The predicted molar refractivity (Wildman–Crippen MR) is 124 cm³/mol. The summed E-state index contributed by atoms with van der Waals surface area (Å²) < 4.78 is 5.46. The number of piperidine rings is 1. The Hall–Kier alpha value is -3.12. The van der Waals surface area contributed by atoms with Gasteiger partial charge < -0.3 is 15.0 Å². The lowest BCUT2D eigenvalue weighted by Crippen LogP contribution is -2.33. The number of aromatic nitrogens is 2. The van der Waals surface area contributed by atoms with E-state index in [2.05, 4.69) is 27.3 Å². The molecule has 1 saturated heterocycles. The van der Waals surface area contributed by atoms with Gasteiger partial charge in [-0.3, -0.25) is 4.79 Å². The van der Waals surface area contributed by atoms with Crippen LogP contribution < -0.4 is 15.0 Å². The van der Waals surface area contributed by atoms with Gasteiger partial charge in [0.25, 0.3) is 5.91 Å². The van der Waals surface area contributed by atoms with E-state index in [1.165, 1.54) is 12.8 Å². The van der Waals surface area contributed by atoms with Gasteiger partial charge >= 0.3 is 0 Å². The standard InChI is InChI=1S/C24H25ClN4O2/c1-17-11-13-29(14-12-17)23-10-9-22(27-28-23)18-5-7-20(8-6-18)26-24(30)16-31-21-4-2-3-19(25)15-21/h2-10,15,17H,11-14,16H2,1H3,(H,26,30). The van der Waals surface area contributed by atoms with Crippen molar-refractivity contribution in [3.8, 4) is 17.0 Å². The van der Waals surface area contributed by atoms with Gasteiger partial charge in [0.2, 0.25) is 0 Å². The van der Waals surface area contributed by atoms with E-state index in [-0.39, 0.29) is 12.5 Å². The molecule has 4 rings (SSSR count). The Bertz CT molecular complexity index is 1020. The average molecular weight is 437 g/mol. The van der Waals surface area contributed by atoms with E-state index in [0.29, 0.717) is 16.5 Å². The number of amides is 1. The highest BCUT2D eigenvalue weighted by atomic mass is 35.5. The number of nitrogens with one attached hydrogen (secondary N) is 1. The van der Waals surface area contributed by atoms with Crippen LogP contribution in [0.25, 0.3) is 11.3 Å². The van der Waals surface area contributed by atoms with Crippen molar-refractivity contribution in [2.24, 2.45) is 5.92 Å². The van der Waals surface area contributed by atoms with Gasteiger partial charge in [-0.1, -0.05) is 36.7 Å². The number of hydrogen-bond donors (Lipinski definition) is 1. The molecule has 6 nitrogen and oxygen atoms in total. The molecule has 7 heteroatoms. The fourth-order valence-corrected chi connectivity index (χ4v) is 3.69. The number of ether oxygens (including phenoxy) is 1. The van der Waals surface area contributed by atoms with Crippen molar-refractivity contribution in [1.29, 1.82) is 0 Å². The molecule has 1 aromatic heterocycles. The maximum absolute atomic E-state index is 12.1. The van der Waals surface area contributed by atoms with Crippen molar-refractivity contribution < 1.29 is 9.53 Å². The second-order valence-electron chi connectivity index (χ2n) is 7.82. The summed E-state index contributed by atoms with van der Waals surface area (Å²) in [6.45, 7) is 4.27. The number of hydrogen-bond acceptors (Lipinski definition) is 5. The maximum atomic E-state index is 12.1. The van der Waals surface area contributed by atoms with Crippen molar-refractivity contribution in [2.45, 2.75) is 19.8 Å². The van der Waals surface area contributed by atoms with Gasteiger partial charge in [0.15, 0.2) is 12.4 Å². The van der Waals surface area contributed by atoms with Crippen molar-refractivity contribution in [3.63, 3.8) is 0 Å². The minimum absolute atomic E-state index is 0.0929. The number of benzene rings is 2. The number of anilines is 2. The van der Waals surface area contributed by atoms with E-state index in [0.717, 1.165) is 36.1 Å². The number of rotatable bonds is 6. The summed E-state index contributed by atoms with van der Waals surface area (Å²) in [5.41, 5.74) is 2.44. The summed E-state index contributed by atoms with van der Waals surface area (Å²) in [5.74, 6) is 2.02. The molecule has 1 amide bonds. The Morgan fingerprint density at radius 1 is 1.10 bits per heavy atom. The van der Waals surface area contributed by atoms with Crippen LogP contribution >= 0.6 is 11.6 Å². The summed E-state index contributed by atoms with van der Waals surface area (Å²) in [5, 5.41) is 12.2. The largest absolute Gasteiger partial charge is 0.484 e. The Morgan fingerprint density at radius 3 is 2.55 bits per heavy atom. The van der Waals surface area contributed by atoms with Crippen LogP contribution in [0.4, 0.5) is 11.5 Å². The van der Waals surface area contributed by atoms with Gasteiger partial charge in [-0.25, -0.2) is 0 Å². The topological polar surface area (TPSA) is 67.4 Å². The third-order valence-electron chi connectivity index (χ3n) is 5.39. The average Bonchev–Trinajstić information content (AvgIpc) is 2.79. The summed E-state index contributed by atoms with van der Waals surface area (Å²) in [7, 11) is 0. The molecule has 1 aliphatic rings. The first-order valence-corrected chi connectivity index (χ1v) is 10.8. The van der Waals surface area contributed by atoms with Crippen molar-refractivity contribution >= 4 is 29.0 Å². The summed E-state index contributed by atoms with van der Waals surface area (Å²) in [6.07, 6.45) is 2.39. The Labute approximate surface area is 187 Å². The van der Waals surface area contributed by atoms with Crippen LogP contribution in [0.3, 0.4) is 0 Å². The first kappa shape index (κ1) is 21.1.